The van der Waals surface area contributed by atoms with Crippen molar-refractivity contribution in [2.45, 2.75) is 6.92 Å². The van der Waals surface area contributed by atoms with Crippen LogP contribution in [0.25, 0.3) is 10.2 Å². The number of nitrogens with zero attached hydrogens (tertiary/aromatic N) is 1. The molecular weight excluding hydrogens is 487 g/mol. The number of ketones is 1. The lowest BCUT2D eigenvalue weighted by Crippen LogP contribution is -2.11. The highest BCUT2D eigenvalue weighted by molar-refractivity contribution is 7.22. The van der Waals surface area contributed by atoms with Crippen LogP contribution in [0.3, 0.4) is 0 Å². The number of aryl methyl sites for hydroxylation is 1. The zero-order chi connectivity index (χ0) is 26.0. The van der Waals surface area contributed by atoms with E-state index >= 15 is 0 Å². The maximum atomic E-state index is 14.0. The highest BCUT2D eigenvalue weighted by Gasteiger charge is 2.29. The van der Waals surface area contributed by atoms with Crippen LogP contribution >= 0.6 is 11.3 Å². The number of carbonyl (C=O) groups is 2. The number of nitrogens with one attached hydrogen (secondary N) is 1. The third kappa shape index (κ3) is 4.42. The number of hydrogen-bond donors (Lipinski definition) is 1. The fraction of sp³-hybridized carbons (Fsp3) is 0.192. The predicted octanol–water partition coefficient (Wildman–Crippen LogP) is 5.26. The van der Waals surface area contributed by atoms with Gasteiger partial charge in [-0.15, -0.1) is 0 Å². The Hall–Kier alpha value is -4.18. The molecule has 1 aromatic heterocycles. The van der Waals surface area contributed by atoms with Crippen molar-refractivity contribution in [3.8, 4) is 23.0 Å². The smallest absolute Gasteiger partial charge is 0.257 e. The van der Waals surface area contributed by atoms with Crippen molar-refractivity contribution in [3.05, 3.63) is 70.5 Å². The Bertz CT molecular complexity index is 1470. The minimum Gasteiger partial charge on any atom is -0.496 e. The monoisotopic (exact) mass is 510 g/mol. The van der Waals surface area contributed by atoms with Crippen molar-refractivity contribution in [3.63, 3.8) is 0 Å². The molecule has 36 heavy (non-hydrogen) atoms. The molecule has 0 aliphatic heterocycles. The molecule has 0 aliphatic carbocycles. The Labute approximate surface area is 210 Å². The Morgan fingerprint density at radius 1 is 0.861 bits per heavy atom. The molecule has 0 saturated carbocycles. The average molecular weight is 511 g/mol. The maximum absolute atomic E-state index is 14.0. The molecule has 0 fully saturated rings. The zero-order valence-corrected chi connectivity index (χ0v) is 21.0. The van der Waals surface area contributed by atoms with Gasteiger partial charge in [0.1, 0.15) is 11.6 Å². The van der Waals surface area contributed by atoms with Gasteiger partial charge in [0.25, 0.3) is 5.91 Å². The second kappa shape index (κ2) is 10.2. The lowest BCUT2D eigenvalue weighted by atomic mass is 9.96. The summed E-state index contributed by atoms with van der Waals surface area (Å²) >= 11 is 1.12. The first kappa shape index (κ1) is 24.9. The number of carbonyl (C=O) groups excluding carboxylic acids is 2. The van der Waals surface area contributed by atoms with Gasteiger partial charge in [0.2, 0.25) is 11.5 Å². The summed E-state index contributed by atoms with van der Waals surface area (Å²) < 4.78 is 35.7. The molecule has 0 bridgehead atoms. The Morgan fingerprint density at radius 2 is 1.53 bits per heavy atom. The second-order valence-electron chi connectivity index (χ2n) is 7.64. The molecule has 1 amide bonds. The number of benzene rings is 3. The third-order valence-electron chi connectivity index (χ3n) is 5.55. The third-order valence-corrected chi connectivity index (χ3v) is 6.55. The molecule has 0 atom stereocenters. The first-order chi connectivity index (χ1) is 17.3. The van der Waals surface area contributed by atoms with Crippen LogP contribution in [0.15, 0.2) is 42.5 Å². The first-order valence-corrected chi connectivity index (χ1v) is 11.5. The number of hydrogen-bond acceptors (Lipinski definition) is 8. The summed E-state index contributed by atoms with van der Waals surface area (Å²) in [5.74, 6) is 0.0205. The molecular formula is C26H23FN2O6S. The van der Waals surface area contributed by atoms with Crippen LogP contribution in [-0.4, -0.2) is 45.1 Å². The number of aromatic nitrogens is 1. The average Bonchev–Trinajstić information content (AvgIpc) is 3.29. The molecule has 3 aromatic carbocycles. The van der Waals surface area contributed by atoms with Gasteiger partial charge >= 0.3 is 0 Å². The van der Waals surface area contributed by atoms with Crippen LogP contribution in [0.5, 0.6) is 23.0 Å². The zero-order valence-electron chi connectivity index (χ0n) is 20.2. The van der Waals surface area contributed by atoms with Gasteiger partial charge in [-0.2, -0.15) is 0 Å². The number of amides is 1. The summed E-state index contributed by atoms with van der Waals surface area (Å²) in [6, 6.07) is 10.2. The van der Waals surface area contributed by atoms with E-state index in [1.807, 2.05) is 0 Å². The van der Waals surface area contributed by atoms with Crippen molar-refractivity contribution < 1.29 is 32.9 Å². The largest absolute Gasteiger partial charge is 0.496 e. The number of anilines is 1. The standard InChI is InChI=1S/C26H23FN2O6S/c1-13-12-18(33-3)22(34-4)23(35-5)19(13)21(30)20-17(32-2)11-10-16-24(20)36-26(28-16)29-25(31)14-6-8-15(27)9-7-14/h6-12H,1-5H3,(H,28,29,31). The van der Waals surface area contributed by atoms with Crippen LogP contribution in [0.2, 0.25) is 0 Å². The number of thiazole rings is 1. The predicted molar refractivity (Wildman–Crippen MR) is 135 cm³/mol. The van der Waals surface area contributed by atoms with E-state index in [0.717, 1.165) is 11.3 Å². The Kier molecular flexibility index (Phi) is 7.07. The van der Waals surface area contributed by atoms with Gasteiger partial charge in [-0.25, -0.2) is 9.37 Å². The Balaban J connectivity index is 1.83. The van der Waals surface area contributed by atoms with Gasteiger partial charge < -0.3 is 18.9 Å². The van der Waals surface area contributed by atoms with Gasteiger partial charge in [0.15, 0.2) is 16.6 Å². The molecule has 4 aromatic rings. The van der Waals surface area contributed by atoms with Crippen LogP contribution in [0.1, 0.15) is 31.8 Å². The summed E-state index contributed by atoms with van der Waals surface area (Å²) in [7, 11) is 5.88. The van der Waals surface area contributed by atoms with Gasteiger partial charge in [0.05, 0.1) is 49.8 Å². The molecule has 4 rings (SSSR count). The van der Waals surface area contributed by atoms with E-state index in [0.29, 0.717) is 27.3 Å². The lowest BCUT2D eigenvalue weighted by molar-refractivity contribution is 0.102. The van der Waals surface area contributed by atoms with E-state index in [-0.39, 0.29) is 39.1 Å². The van der Waals surface area contributed by atoms with Gasteiger partial charge in [0, 0.05) is 5.56 Å². The molecule has 8 nitrogen and oxygen atoms in total. The molecule has 0 radical (unpaired) electrons. The van der Waals surface area contributed by atoms with Crippen LogP contribution in [0.4, 0.5) is 9.52 Å². The molecule has 0 unspecified atom stereocenters. The minimum absolute atomic E-state index is 0.229. The van der Waals surface area contributed by atoms with E-state index in [1.54, 1.807) is 25.1 Å². The summed E-state index contributed by atoms with van der Waals surface area (Å²) in [6.45, 7) is 1.77. The molecule has 0 saturated heterocycles. The van der Waals surface area contributed by atoms with Crippen LogP contribution in [0, 0.1) is 12.7 Å². The van der Waals surface area contributed by atoms with E-state index in [9.17, 15) is 14.0 Å². The summed E-state index contributed by atoms with van der Waals surface area (Å²) in [5, 5.41) is 2.99. The lowest BCUT2D eigenvalue weighted by Gasteiger charge is -2.18. The normalized spacial score (nSPS) is 10.7. The highest BCUT2D eigenvalue weighted by atomic mass is 32.1. The van der Waals surface area contributed by atoms with Crippen molar-refractivity contribution >= 4 is 38.4 Å². The molecule has 186 valence electrons. The topological polar surface area (TPSA) is 96.0 Å². The van der Waals surface area contributed by atoms with E-state index in [2.05, 4.69) is 10.3 Å². The van der Waals surface area contributed by atoms with Crippen molar-refractivity contribution in [1.82, 2.24) is 4.98 Å². The molecule has 0 aliphatic rings. The number of methoxy groups -OCH3 is 4. The van der Waals surface area contributed by atoms with Crippen molar-refractivity contribution in [1.29, 1.82) is 0 Å². The van der Waals surface area contributed by atoms with Gasteiger partial charge in [-0.1, -0.05) is 11.3 Å². The SMILES string of the molecule is COc1cc(C)c(C(=O)c2c(OC)ccc3nc(NC(=O)c4ccc(F)cc4)sc23)c(OC)c1OC. The number of halogens is 1. The molecule has 1 heterocycles. The highest BCUT2D eigenvalue weighted by Crippen LogP contribution is 2.44. The van der Waals surface area contributed by atoms with Crippen molar-refractivity contribution in [2.75, 3.05) is 33.8 Å². The van der Waals surface area contributed by atoms with E-state index < -0.39 is 11.7 Å². The fourth-order valence-electron chi connectivity index (χ4n) is 3.87. The molecule has 0 spiro atoms. The summed E-state index contributed by atoms with van der Waals surface area (Å²) in [5.41, 5.74) is 1.93. The quantitative estimate of drug-likeness (QED) is 0.323. The van der Waals surface area contributed by atoms with Gasteiger partial charge in [-0.05, 0) is 55.0 Å². The number of fused-ring (bicyclic) bond motifs is 1. The second-order valence-corrected chi connectivity index (χ2v) is 8.64. The summed E-state index contributed by atoms with van der Waals surface area (Å²) in [6.07, 6.45) is 0. The summed E-state index contributed by atoms with van der Waals surface area (Å²) in [4.78, 5) is 31.1. The van der Waals surface area contributed by atoms with Gasteiger partial charge in [-0.3, -0.25) is 14.9 Å². The maximum Gasteiger partial charge on any atom is 0.257 e. The number of rotatable bonds is 8. The van der Waals surface area contributed by atoms with Crippen LogP contribution in [-0.2, 0) is 0 Å². The first-order valence-electron chi connectivity index (χ1n) is 10.7. The number of ether oxygens (including phenoxy) is 4. The van der Waals surface area contributed by atoms with E-state index in [4.69, 9.17) is 18.9 Å². The fourth-order valence-corrected chi connectivity index (χ4v) is 4.86. The molecule has 1 N–H and O–H groups in total. The van der Waals surface area contributed by atoms with E-state index in [1.165, 1.54) is 52.7 Å². The molecule has 10 heteroatoms. The van der Waals surface area contributed by atoms with Crippen LogP contribution < -0.4 is 24.3 Å². The minimum atomic E-state index is -0.452. The Morgan fingerprint density at radius 3 is 2.14 bits per heavy atom. The van der Waals surface area contributed by atoms with Crippen molar-refractivity contribution in [2.24, 2.45) is 0 Å².